The highest BCUT2D eigenvalue weighted by molar-refractivity contribution is 5.84. The summed E-state index contributed by atoms with van der Waals surface area (Å²) in [6.07, 6.45) is 0.808. The quantitative estimate of drug-likeness (QED) is 0.436. The summed E-state index contributed by atoms with van der Waals surface area (Å²) in [6, 6.07) is 23.0. The zero-order chi connectivity index (χ0) is 18.2. The number of rotatable bonds is 8. The molecule has 0 N–H and O–H groups in total. The van der Waals surface area contributed by atoms with Crippen molar-refractivity contribution in [1.29, 1.82) is 0 Å². The molecule has 0 amide bonds. The van der Waals surface area contributed by atoms with E-state index in [1.807, 2.05) is 72.8 Å². The number of carbonyl (C=O) groups is 1. The highest BCUT2D eigenvalue weighted by atomic mass is 16.7. The van der Waals surface area contributed by atoms with Gasteiger partial charge >= 0.3 is 0 Å². The van der Waals surface area contributed by atoms with Crippen molar-refractivity contribution in [2.45, 2.75) is 6.61 Å². The highest BCUT2D eigenvalue weighted by Gasteiger charge is 2.10. The monoisotopic (exact) mass is 348 g/mol. The molecule has 3 aromatic rings. The van der Waals surface area contributed by atoms with Crippen molar-refractivity contribution in [2.24, 2.45) is 0 Å². The Morgan fingerprint density at radius 1 is 0.846 bits per heavy atom. The van der Waals surface area contributed by atoms with Gasteiger partial charge in [-0.05, 0) is 29.3 Å². The molecular formula is C22H20O4. The molecule has 0 saturated carbocycles. The van der Waals surface area contributed by atoms with Crippen LogP contribution in [0.1, 0.15) is 15.9 Å². The standard InChI is InChI=1S/C22H20O4/c1-24-16-26-22-10-6-5-9-20(22)18-11-12-21(19(13-18)14-23)25-15-17-7-3-2-4-8-17/h2-14H,15-16H2,1H3. The third-order valence-corrected chi connectivity index (χ3v) is 3.90. The average Bonchev–Trinajstić information content (AvgIpc) is 2.71. The van der Waals surface area contributed by atoms with Gasteiger partial charge in [-0.2, -0.15) is 0 Å². The van der Waals surface area contributed by atoms with E-state index in [0.717, 1.165) is 23.0 Å². The summed E-state index contributed by atoms with van der Waals surface area (Å²) >= 11 is 0. The van der Waals surface area contributed by atoms with Crippen molar-refractivity contribution >= 4 is 6.29 Å². The molecule has 0 radical (unpaired) electrons. The van der Waals surface area contributed by atoms with Crippen molar-refractivity contribution in [3.8, 4) is 22.6 Å². The Labute approximate surface area is 153 Å². The number of hydrogen-bond acceptors (Lipinski definition) is 4. The van der Waals surface area contributed by atoms with Gasteiger partial charge in [-0.15, -0.1) is 0 Å². The second-order valence-electron chi connectivity index (χ2n) is 5.69. The fraction of sp³-hybridized carbons (Fsp3) is 0.136. The first-order chi connectivity index (χ1) is 12.8. The Morgan fingerprint density at radius 2 is 1.62 bits per heavy atom. The summed E-state index contributed by atoms with van der Waals surface area (Å²) in [7, 11) is 1.58. The second kappa shape index (κ2) is 8.83. The van der Waals surface area contributed by atoms with Crippen molar-refractivity contribution in [3.05, 3.63) is 83.9 Å². The van der Waals surface area contributed by atoms with Gasteiger partial charge in [-0.1, -0.05) is 54.6 Å². The van der Waals surface area contributed by atoms with E-state index >= 15 is 0 Å². The summed E-state index contributed by atoms with van der Waals surface area (Å²) in [5.41, 5.74) is 3.32. The smallest absolute Gasteiger partial charge is 0.188 e. The lowest BCUT2D eigenvalue weighted by Crippen LogP contribution is -2.01. The van der Waals surface area contributed by atoms with Crippen molar-refractivity contribution in [3.63, 3.8) is 0 Å². The fourth-order valence-corrected chi connectivity index (χ4v) is 2.63. The third kappa shape index (κ3) is 4.29. The fourth-order valence-electron chi connectivity index (χ4n) is 2.63. The van der Waals surface area contributed by atoms with Gasteiger partial charge in [0.15, 0.2) is 13.1 Å². The maximum absolute atomic E-state index is 11.5. The number of methoxy groups -OCH3 is 1. The lowest BCUT2D eigenvalue weighted by Gasteiger charge is -2.13. The molecule has 0 saturated heterocycles. The molecule has 3 rings (SSSR count). The van der Waals surface area contributed by atoms with E-state index in [1.165, 1.54) is 0 Å². The third-order valence-electron chi connectivity index (χ3n) is 3.90. The lowest BCUT2D eigenvalue weighted by molar-refractivity contribution is 0.0515. The zero-order valence-corrected chi connectivity index (χ0v) is 14.6. The van der Waals surface area contributed by atoms with Gasteiger partial charge in [-0.3, -0.25) is 4.79 Å². The largest absolute Gasteiger partial charge is 0.488 e. The van der Waals surface area contributed by atoms with Gasteiger partial charge in [0.25, 0.3) is 0 Å². The van der Waals surface area contributed by atoms with Crippen LogP contribution in [-0.4, -0.2) is 20.2 Å². The Hall–Kier alpha value is -3.11. The lowest BCUT2D eigenvalue weighted by atomic mass is 10.0. The Balaban J connectivity index is 1.84. The van der Waals surface area contributed by atoms with E-state index in [0.29, 0.717) is 23.7 Å². The highest BCUT2D eigenvalue weighted by Crippen LogP contribution is 2.32. The first kappa shape index (κ1) is 17.7. The van der Waals surface area contributed by atoms with Gasteiger partial charge in [0.05, 0.1) is 5.56 Å². The molecule has 4 nitrogen and oxygen atoms in total. The number of hydrogen-bond donors (Lipinski definition) is 0. The first-order valence-electron chi connectivity index (χ1n) is 8.29. The molecule has 0 aliphatic rings. The first-order valence-corrected chi connectivity index (χ1v) is 8.29. The molecule has 0 spiro atoms. The van der Waals surface area contributed by atoms with Crippen LogP contribution in [0, 0.1) is 0 Å². The SMILES string of the molecule is COCOc1ccccc1-c1ccc(OCc2ccccc2)c(C=O)c1. The summed E-state index contributed by atoms with van der Waals surface area (Å²) in [6.45, 7) is 0.574. The summed E-state index contributed by atoms with van der Waals surface area (Å²) < 4.78 is 16.4. The van der Waals surface area contributed by atoms with Crippen LogP contribution < -0.4 is 9.47 Å². The Morgan fingerprint density at radius 3 is 2.38 bits per heavy atom. The number of carbonyl (C=O) groups excluding carboxylic acids is 1. The van der Waals surface area contributed by atoms with Gasteiger partial charge in [-0.25, -0.2) is 0 Å². The van der Waals surface area contributed by atoms with E-state index in [-0.39, 0.29) is 6.79 Å². The molecule has 0 aromatic heterocycles. The number of benzene rings is 3. The van der Waals surface area contributed by atoms with Crippen LogP contribution >= 0.6 is 0 Å². The molecule has 0 unspecified atom stereocenters. The van der Waals surface area contributed by atoms with Crippen LogP contribution in [-0.2, 0) is 11.3 Å². The van der Waals surface area contributed by atoms with Crippen molar-refractivity contribution in [2.75, 3.05) is 13.9 Å². The summed E-state index contributed by atoms with van der Waals surface area (Å²) in [5.74, 6) is 1.26. The van der Waals surface area contributed by atoms with E-state index in [9.17, 15) is 4.79 Å². The van der Waals surface area contributed by atoms with Gasteiger partial charge in [0, 0.05) is 12.7 Å². The van der Waals surface area contributed by atoms with Gasteiger partial charge in [0.2, 0.25) is 0 Å². The zero-order valence-electron chi connectivity index (χ0n) is 14.6. The van der Waals surface area contributed by atoms with Gasteiger partial charge in [0.1, 0.15) is 18.1 Å². The van der Waals surface area contributed by atoms with Crippen molar-refractivity contribution in [1.82, 2.24) is 0 Å². The molecule has 0 aliphatic carbocycles. The van der Waals surface area contributed by atoms with Crippen LogP contribution in [0.2, 0.25) is 0 Å². The molecule has 132 valence electrons. The molecule has 4 heteroatoms. The van der Waals surface area contributed by atoms with Crippen LogP contribution in [0.3, 0.4) is 0 Å². The second-order valence-corrected chi connectivity index (χ2v) is 5.69. The molecular weight excluding hydrogens is 328 g/mol. The van der Waals surface area contributed by atoms with Crippen molar-refractivity contribution < 1.29 is 19.0 Å². The molecule has 0 aliphatic heterocycles. The minimum absolute atomic E-state index is 0.163. The predicted molar refractivity (Wildman–Crippen MR) is 101 cm³/mol. The minimum atomic E-state index is 0.163. The molecule has 3 aromatic carbocycles. The number of aldehydes is 1. The van der Waals surface area contributed by atoms with E-state index in [1.54, 1.807) is 7.11 Å². The van der Waals surface area contributed by atoms with Crippen LogP contribution in [0.4, 0.5) is 0 Å². The van der Waals surface area contributed by atoms with Crippen LogP contribution in [0.25, 0.3) is 11.1 Å². The predicted octanol–water partition coefficient (Wildman–Crippen LogP) is 4.73. The van der Waals surface area contributed by atoms with E-state index in [2.05, 4.69) is 0 Å². The minimum Gasteiger partial charge on any atom is -0.488 e. The Bertz CT molecular complexity index is 859. The van der Waals surface area contributed by atoms with Crippen LogP contribution in [0.15, 0.2) is 72.8 Å². The maximum Gasteiger partial charge on any atom is 0.188 e. The Kier molecular flexibility index (Phi) is 6.01. The maximum atomic E-state index is 11.5. The molecule has 0 heterocycles. The number of para-hydroxylation sites is 1. The van der Waals surface area contributed by atoms with E-state index in [4.69, 9.17) is 14.2 Å². The molecule has 0 fully saturated rings. The van der Waals surface area contributed by atoms with E-state index < -0.39 is 0 Å². The molecule has 0 bridgehead atoms. The topological polar surface area (TPSA) is 44.8 Å². The molecule has 0 atom stereocenters. The number of ether oxygens (including phenoxy) is 3. The van der Waals surface area contributed by atoms with Crippen LogP contribution in [0.5, 0.6) is 11.5 Å². The van der Waals surface area contributed by atoms with Gasteiger partial charge < -0.3 is 14.2 Å². The summed E-state index contributed by atoms with van der Waals surface area (Å²) in [5, 5.41) is 0. The normalized spacial score (nSPS) is 10.3. The molecule has 26 heavy (non-hydrogen) atoms. The summed E-state index contributed by atoms with van der Waals surface area (Å²) in [4.78, 5) is 11.5. The average molecular weight is 348 g/mol.